The Morgan fingerprint density at radius 2 is 2.06 bits per heavy atom. The summed E-state index contributed by atoms with van der Waals surface area (Å²) in [5.41, 5.74) is 2.42. The van der Waals surface area contributed by atoms with E-state index in [9.17, 15) is 5.11 Å². The molecule has 1 aromatic carbocycles. The summed E-state index contributed by atoms with van der Waals surface area (Å²) in [6.45, 7) is 0. The standard InChI is InChI=1S/C14H13BrOS/c15-13-6-5-11(17-13)8-10-7-9-3-1-2-4-12(9)14(10)16/h1-6,10,14,16H,7-8H2. The van der Waals surface area contributed by atoms with Crippen LogP contribution in [0, 0.1) is 5.92 Å². The largest absolute Gasteiger partial charge is 0.388 e. The number of aliphatic hydroxyl groups excluding tert-OH is 1. The van der Waals surface area contributed by atoms with E-state index in [-0.39, 0.29) is 6.10 Å². The fourth-order valence-electron chi connectivity index (χ4n) is 2.56. The third kappa shape index (κ3) is 2.19. The van der Waals surface area contributed by atoms with Crippen molar-refractivity contribution < 1.29 is 5.11 Å². The van der Waals surface area contributed by atoms with E-state index in [1.54, 1.807) is 11.3 Å². The van der Waals surface area contributed by atoms with Gasteiger partial charge in [-0.05, 0) is 57.9 Å². The molecule has 3 rings (SSSR count). The highest BCUT2D eigenvalue weighted by atomic mass is 79.9. The van der Waals surface area contributed by atoms with Crippen molar-refractivity contribution in [3.63, 3.8) is 0 Å². The summed E-state index contributed by atoms with van der Waals surface area (Å²) in [4.78, 5) is 1.34. The maximum atomic E-state index is 10.3. The van der Waals surface area contributed by atoms with Gasteiger partial charge in [0.2, 0.25) is 0 Å². The van der Waals surface area contributed by atoms with Crippen LogP contribution in [0.4, 0.5) is 0 Å². The van der Waals surface area contributed by atoms with Crippen LogP contribution in [0.5, 0.6) is 0 Å². The SMILES string of the molecule is OC1c2ccccc2CC1Cc1ccc(Br)s1. The molecule has 1 aliphatic rings. The molecular weight excluding hydrogens is 296 g/mol. The number of rotatable bonds is 2. The molecule has 0 saturated heterocycles. The first-order chi connectivity index (χ1) is 8.24. The number of halogens is 1. The first-order valence-electron chi connectivity index (χ1n) is 5.74. The van der Waals surface area contributed by atoms with Crippen LogP contribution >= 0.6 is 27.3 Å². The fraction of sp³-hybridized carbons (Fsp3) is 0.286. The maximum absolute atomic E-state index is 10.3. The molecule has 2 atom stereocenters. The quantitative estimate of drug-likeness (QED) is 0.890. The second-order valence-electron chi connectivity index (χ2n) is 4.52. The molecule has 0 radical (unpaired) electrons. The minimum Gasteiger partial charge on any atom is -0.388 e. The van der Waals surface area contributed by atoms with E-state index in [1.807, 2.05) is 12.1 Å². The van der Waals surface area contributed by atoms with E-state index < -0.39 is 0 Å². The van der Waals surface area contributed by atoms with E-state index in [1.165, 1.54) is 10.4 Å². The molecule has 0 amide bonds. The van der Waals surface area contributed by atoms with Crippen molar-refractivity contribution in [2.75, 3.05) is 0 Å². The van der Waals surface area contributed by atoms with Gasteiger partial charge in [0, 0.05) is 4.88 Å². The molecule has 0 bridgehead atoms. The Hall–Kier alpha value is -0.640. The minimum absolute atomic E-state index is 0.299. The fourth-order valence-corrected chi connectivity index (χ4v) is 4.14. The van der Waals surface area contributed by atoms with Gasteiger partial charge in [-0.25, -0.2) is 0 Å². The molecule has 1 N–H and O–H groups in total. The van der Waals surface area contributed by atoms with Crippen molar-refractivity contribution in [2.24, 2.45) is 5.92 Å². The first-order valence-corrected chi connectivity index (χ1v) is 7.35. The summed E-state index contributed by atoms with van der Waals surface area (Å²) < 4.78 is 1.16. The lowest BCUT2D eigenvalue weighted by Crippen LogP contribution is -2.09. The summed E-state index contributed by atoms with van der Waals surface area (Å²) in [7, 11) is 0. The predicted molar refractivity (Wildman–Crippen MR) is 74.3 cm³/mol. The van der Waals surface area contributed by atoms with Crippen molar-refractivity contribution in [3.05, 3.63) is 56.2 Å². The van der Waals surface area contributed by atoms with Gasteiger partial charge in [-0.2, -0.15) is 0 Å². The summed E-state index contributed by atoms with van der Waals surface area (Å²) in [6, 6.07) is 12.5. The van der Waals surface area contributed by atoms with Crippen molar-refractivity contribution in [3.8, 4) is 0 Å². The van der Waals surface area contributed by atoms with Crippen molar-refractivity contribution in [1.29, 1.82) is 0 Å². The summed E-state index contributed by atoms with van der Waals surface area (Å²) in [5, 5.41) is 10.3. The van der Waals surface area contributed by atoms with Crippen LogP contribution in [-0.4, -0.2) is 5.11 Å². The van der Waals surface area contributed by atoms with E-state index >= 15 is 0 Å². The van der Waals surface area contributed by atoms with Crippen LogP contribution in [0.25, 0.3) is 0 Å². The molecule has 0 fully saturated rings. The molecule has 17 heavy (non-hydrogen) atoms. The van der Waals surface area contributed by atoms with E-state index in [0.717, 1.165) is 22.2 Å². The Kier molecular flexibility index (Phi) is 3.07. The molecule has 2 unspecified atom stereocenters. The van der Waals surface area contributed by atoms with Gasteiger partial charge < -0.3 is 5.11 Å². The number of aliphatic hydroxyl groups is 1. The smallest absolute Gasteiger partial charge is 0.0827 e. The van der Waals surface area contributed by atoms with Gasteiger partial charge in [0.25, 0.3) is 0 Å². The van der Waals surface area contributed by atoms with Crippen LogP contribution in [0.1, 0.15) is 22.1 Å². The zero-order valence-electron chi connectivity index (χ0n) is 9.27. The van der Waals surface area contributed by atoms with Gasteiger partial charge >= 0.3 is 0 Å². The van der Waals surface area contributed by atoms with Gasteiger partial charge in [0.1, 0.15) is 0 Å². The van der Waals surface area contributed by atoms with Crippen LogP contribution in [0.15, 0.2) is 40.2 Å². The van der Waals surface area contributed by atoms with Crippen molar-refractivity contribution >= 4 is 27.3 Å². The Morgan fingerprint density at radius 3 is 2.76 bits per heavy atom. The monoisotopic (exact) mass is 308 g/mol. The van der Waals surface area contributed by atoms with Crippen LogP contribution in [-0.2, 0) is 12.8 Å². The summed E-state index contributed by atoms with van der Waals surface area (Å²) in [5.74, 6) is 0.331. The zero-order valence-corrected chi connectivity index (χ0v) is 11.7. The molecule has 1 heterocycles. The van der Waals surface area contributed by atoms with E-state index in [2.05, 4.69) is 40.2 Å². The second kappa shape index (κ2) is 4.56. The number of hydrogen-bond donors (Lipinski definition) is 1. The van der Waals surface area contributed by atoms with E-state index in [0.29, 0.717) is 5.92 Å². The second-order valence-corrected chi connectivity index (χ2v) is 7.07. The van der Waals surface area contributed by atoms with Gasteiger partial charge in [-0.3, -0.25) is 0 Å². The van der Waals surface area contributed by atoms with Crippen LogP contribution in [0.3, 0.4) is 0 Å². The number of benzene rings is 1. The molecule has 0 saturated carbocycles. The Bertz CT molecular complexity index is 535. The Morgan fingerprint density at radius 1 is 1.24 bits per heavy atom. The lowest BCUT2D eigenvalue weighted by atomic mass is 9.99. The normalized spacial score (nSPS) is 22.7. The predicted octanol–water partition coefficient (Wildman–Crippen LogP) is 3.96. The molecule has 1 nitrogen and oxygen atoms in total. The van der Waals surface area contributed by atoms with Gasteiger partial charge in [0.15, 0.2) is 0 Å². The van der Waals surface area contributed by atoms with Crippen molar-refractivity contribution in [2.45, 2.75) is 18.9 Å². The molecule has 1 aliphatic carbocycles. The molecule has 88 valence electrons. The third-order valence-corrected chi connectivity index (χ3v) is 5.04. The van der Waals surface area contributed by atoms with Gasteiger partial charge in [-0.15, -0.1) is 11.3 Å². The summed E-state index contributed by atoms with van der Waals surface area (Å²) in [6.07, 6.45) is 1.66. The lowest BCUT2D eigenvalue weighted by molar-refractivity contribution is 0.124. The molecule has 2 aromatic rings. The highest BCUT2D eigenvalue weighted by Crippen LogP contribution is 2.38. The maximum Gasteiger partial charge on any atom is 0.0827 e. The average molecular weight is 309 g/mol. The molecular formula is C14H13BrOS. The van der Waals surface area contributed by atoms with Gasteiger partial charge in [0.05, 0.1) is 9.89 Å². The molecule has 1 aromatic heterocycles. The number of thiophene rings is 1. The number of fused-ring (bicyclic) bond motifs is 1. The van der Waals surface area contributed by atoms with Crippen molar-refractivity contribution in [1.82, 2.24) is 0 Å². The summed E-state index contributed by atoms with van der Waals surface area (Å²) >= 11 is 5.24. The van der Waals surface area contributed by atoms with E-state index in [4.69, 9.17) is 0 Å². The molecule has 0 spiro atoms. The first kappa shape index (κ1) is 11.5. The topological polar surface area (TPSA) is 20.2 Å². The van der Waals surface area contributed by atoms with Crippen LogP contribution in [0.2, 0.25) is 0 Å². The Labute approximate surface area is 113 Å². The zero-order chi connectivity index (χ0) is 11.8. The van der Waals surface area contributed by atoms with Crippen LogP contribution < -0.4 is 0 Å². The lowest BCUT2D eigenvalue weighted by Gasteiger charge is -2.13. The molecule has 0 aliphatic heterocycles. The Balaban J connectivity index is 1.80. The highest BCUT2D eigenvalue weighted by molar-refractivity contribution is 9.11. The average Bonchev–Trinajstić information content (AvgIpc) is 2.86. The molecule has 3 heteroatoms. The minimum atomic E-state index is -0.299. The van der Waals surface area contributed by atoms with Gasteiger partial charge in [-0.1, -0.05) is 24.3 Å². The third-order valence-electron chi connectivity index (χ3n) is 3.39. The highest BCUT2D eigenvalue weighted by Gasteiger charge is 2.30. The number of hydrogen-bond acceptors (Lipinski definition) is 2.